The second-order valence-electron chi connectivity index (χ2n) is 7.38. The molecular weight excluding hydrogens is 439 g/mol. The van der Waals surface area contributed by atoms with Gasteiger partial charge in [0, 0.05) is 18.4 Å². The fourth-order valence-corrected chi connectivity index (χ4v) is 3.22. The van der Waals surface area contributed by atoms with Crippen molar-refractivity contribution in [1.82, 2.24) is 4.98 Å². The zero-order valence-electron chi connectivity index (χ0n) is 18.0. The smallest absolute Gasteiger partial charge is 0.493 e. The van der Waals surface area contributed by atoms with Gasteiger partial charge in [0.15, 0.2) is 0 Å². The number of hydrogen-bond donors (Lipinski definition) is 1. The molecule has 3 rings (SSSR count). The zero-order valence-corrected chi connectivity index (χ0v) is 18.0. The molecule has 1 N–H and O–H groups in total. The first-order valence-electron chi connectivity index (χ1n) is 10.5. The number of halogens is 3. The molecule has 0 saturated heterocycles. The average Bonchev–Trinajstić information content (AvgIpc) is 3.14. The number of benzene rings is 2. The number of carboxylic acids is 1. The number of hydrogen-bond acceptors (Lipinski definition) is 5. The molecule has 9 heteroatoms. The Kier molecular flexibility index (Phi) is 7.97. The van der Waals surface area contributed by atoms with Crippen LogP contribution in [0, 0.1) is 0 Å². The van der Waals surface area contributed by atoms with Gasteiger partial charge in [-0.05, 0) is 48.4 Å². The van der Waals surface area contributed by atoms with Crippen molar-refractivity contribution in [2.45, 2.75) is 45.4 Å². The van der Waals surface area contributed by atoms with Crippen molar-refractivity contribution >= 4 is 5.97 Å². The molecule has 3 aromatic rings. The number of aryl methyl sites for hydroxylation is 1. The van der Waals surface area contributed by atoms with Crippen LogP contribution in [0.25, 0.3) is 11.5 Å². The fourth-order valence-electron chi connectivity index (χ4n) is 3.22. The van der Waals surface area contributed by atoms with E-state index in [1.807, 2.05) is 0 Å². The van der Waals surface area contributed by atoms with E-state index in [0.717, 1.165) is 18.5 Å². The SMILES string of the molecule is CCCCc1oc(-c2ccc(OC(F)(F)F)cc2)nc1CCOc1cccc(CC(=O)O)c1. The Morgan fingerprint density at radius 2 is 1.85 bits per heavy atom. The van der Waals surface area contributed by atoms with E-state index in [0.29, 0.717) is 48.0 Å². The number of carbonyl (C=O) groups is 1. The summed E-state index contributed by atoms with van der Waals surface area (Å²) in [4.78, 5) is 15.4. The van der Waals surface area contributed by atoms with Gasteiger partial charge >= 0.3 is 12.3 Å². The van der Waals surface area contributed by atoms with E-state index >= 15 is 0 Å². The minimum Gasteiger partial charge on any atom is -0.493 e. The maximum atomic E-state index is 12.4. The summed E-state index contributed by atoms with van der Waals surface area (Å²) in [6.45, 7) is 2.36. The van der Waals surface area contributed by atoms with Crippen molar-refractivity contribution < 1.29 is 37.0 Å². The van der Waals surface area contributed by atoms with Crippen molar-refractivity contribution in [1.29, 1.82) is 0 Å². The zero-order chi connectivity index (χ0) is 23.8. The molecule has 0 aliphatic carbocycles. The molecule has 0 unspecified atom stereocenters. The topological polar surface area (TPSA) is 81.8 Å². The second-order valence-corrected chi connectivity index (χ2v) is 7.38. The summed E-state index contributed by atoms with van der Waals surface area (Å²) in [6.07, 6.45) is -1.83. The van der Waals surface area contributed by atoms with E-state index in [1.165, 1.54) is 24.3 Å². The molecule has 0 saturated carbocycles. The van der Waals surface area contributed by atoms with Gasteiger partial charge in [-0.15, -0.1) is 13.2 Å². The Morgan fingerprint density at radius 3 is 2.52 bits per heavy atom. The first-order valence-corrected chi connectivity index (χ1v) is 10.5. The minimum atomic E-state index is -4.75. The Labute approximate surface area is 189 Å². The summed E-state index contributed by atoms with van der Waals surface area (Å²) in [6, 6.07) is 12.2. The highest BCUT2D eigenvalue weighted by Crippen LogP contribution is 2.28. The van der Waals surface area contributed by atoms with Crippen LogP contribution in [0.5, 0.6) is 11.5 Å². The molecule has 176 valence electrons. The second kappa shape index (κ2) is 10.9. The van der Waals surface area contributed by atoms with Crippen molar-refractivity contribution in [3.05, 3.63) is 65.5 Å². The Balaban J connectivity index is 1.69. The molecule has 0 aliphatic rings. The molecule has 1 heterocycles. The summed E-state index contributed by atoms with van der Waals surface area (Å²) in [5, 5.41) is 8.93. The standard InChI is InChI=1S/C24H24F3NO5/c1-2-3-7-21-20(12-13-31-19-6-4-5-16(14-19)15-22(29)30)28-23(32-21)17-8-10-18(11-9-17)33-24(25,26)27/h4-6,8-11,14H,2-3,7,12-13,15H2,1H3,(H,29,30). The number of aliphatic carboxylic acids is 1. The summed E-state index contributed by atoms with van der Waals surface area (Å²) >= 11 is 0. The lowest BCUT2D eigenvalue weighted by Crippen LogP contribution is -2.16. The Bertz CT molecular complexity index is 1060. The lowest BCUT2D eigenvalue weighted by atomic mass is 10.1. The van der Waals surface area contributed by atoms with E-state index in [9.17, 15) is 18.0 Å². The van der Waals surface area contributed by atoms with E-state index in [-0.39, 0.29) is 12.2 Å². The number of nitrogens with zero attached hydrogens (tertiary/aromatic N) is 1. The van der Waals surface area contributed by atoms with Crippen LogP contribution >= 0.6 is 0 Å². The number of unbranched alkanes of at least 4 members (excludes halogenated alkanes) is 1. The highest BCUT2D eigenvalue weighted by atomic mass is 19.4. The predicted molar refractivity (Wildman–Crippen MR) is 114 cm³/mol. The van der Waals surface area contributed by atoms with Crippen LogP contribution in [0.3, 0.4) is 0 Å². The molecule has 0 fully saturated rings. The molecule has 0 atom stereocenters. The van der Waals surface area contributed by atoms with E-state index in [1.54, 1.807) is 24.3 Å². The summed E-state index contributed by atoms with van der Waals surface area (Å²) < 4.78 is 52.7. The van der Waals surface area contributed by atoms with Crippen molar-refractivity contribution in [2.24, 2.45) is 0 Å². The summed E-state index contributed by atoms with van der Waals surface area (Å²) in [7, 11) is 0. The lowest BCUT2D eigenvalue weighted by Gasteiger charge is -2.08. The van der Waals surface area contributed by atoms with Gasteiger partial charge in [-0.1, -0.05) is 25.5 Å². The monoisotopic (exact) mass is 463 g/mol. The number of aromatic nitrogens is 1. The number of rotatable bonds is 11. The van der Waals surface area contributed by atoms with Gasteiger partial charge in [0.1, 0.15) is 17.3 Å². The van der Waals surface area contributed by atoms with Crippen LogP contribution in [0.1, 0.15) is 36.8 Å². The van der Waals surface area contributed by atoms with Crippen LogP contribution in [-0.4, -0.2) is 29.0 Å². The third-order valence-electron chi connectivity index (χ3n) is 4.73. The number of carboxylic acid groups (broad SMARTS) is 1. The first-order chi connectivity index (χ1) is 15.7. The largest absolute Gasteiger partial charge is 0.573 e. The van der Waals surface area contributed by atoms with Gasteiger partial charge in [0.25, 0.3) is 0 Å². The van der Waals surface area contributed by atoms with Crippen LogP contribution in [0.4, 0.5) is 13.2 Å². The summed E-state index contributed by atoms with van der Waals surface area (Å²) in [5.74, 6) is 0.361. The number of oxazole rings is 1. The van der Waals surface area contributed by atoms with Gasteiger partial charge in [0.2, 0.25) is 5.89 Å². The minimum absolute atomic E-state index is 0.0855. The van der Waals surface area contributed by atoms with Gasteiger partial charge in [0.05, 0.1) is 18.7 Å². The number of alkyl halides is 3. The molecule has 0 bridgehead atoms. The van der Waals surface area contributed by atoms with Crippen molar-refractivity contribution in [3.8, 4) is 23.0 Å². The van der Waals surface area contributed by atoms with E-state index in [4.69, 9.17) is 14.3 Å². The van der Waals surface area contributed by atoms with Gasteiger partial charge in [-0.2, -0.15) is 0 Å². The van der Waals surface area contributed by atoms with Crippen LogP contribution in [0.15, 0.2) is 52.9 Å². The Morgan fingerprint density at radius 1 is 1.09 bits per heavy atom. The highest BCUT2D eigenvalue weighted by Gasteiger charge is 2.31. The van der Waals surface area contributed by atoms with Crippen LogP contribution < -0.4 is 9.47 Å². The van der Waals surface area contributed by atoms with E-state index < -0.39 is 12.3 Å². The average molecular weight is 463 g/mol. The van der Waals surface area contributed by atoms with Gasteiger partial charge in [-0.3, -0.25) is 4.79 Å². The van der Waals surface area contributed by atoms with Crippen molar-refractivity contribution in [3.63, 3.8) is 0 Å². The first kappa shape index (κ1) is 24.2. The normalized spacial score (nSPS) is 11.4. The molecule has 2 aromatic carbocycles. The summed E-state index contributed by atoms with van der Waals surface area (Å²) in [5.41, 5.74) is 1.90. The molecule has 6 nitrogen and oxygen atoms in total. The quantitative estimate of drug-likeness (QED) is 0.385. The maximum Gasteiger partial charge on any atom is 0.573 e. The molecule has 1 aromatic heterocycles. The van der Waals surface area contributed by atoms with E-state index in [2.05, 4.69) is 16.6 Å². The number of ether oxygens (including phenoxy) is 2. The van der Waals surface area contributed by atoms with Crippen LogP contribution in [-0.2, 0) is 24.1 Å². The van der Waals surface area contributed by atoms with Gasteiger partial charge in [-0.25, -0.2) is 4.98 Å². The molecular formula is C24H24F3NO5. The fraction of sp³-hybridized carbons (Fsp3) is 0.333. The maximum absolute atomic E-state index is 12.4. The third-order valence-corrected chi connectivity index (χ3v) is 4.73. The third kappa shape index (κ3) is 7.55. The predicted octanol–water partition coefficient (Wildman–Crippen LogP) is 5.83. The molecule has 0 spiro atoms. The molecule has 0 amide bonds. The van der Waals surface area contributed by atoms with Gasteiger partial charge < -0.3 is 19.0 Å². The molecule has 0 radical (unpaired) electrons. The van der Waals surface area contributed by atoms with Crippen molar-refractivity contribution in [2.75, 3.05) is 6.61 Å². The molecule has 33 heavy (non-hydrogen) atoms. The highest BCUT2D eigenvalue weighted by molar-refractivity contribution is 5.70. The lowest BCUT2D eigenvalue weighted by molar-refractivity contribution is -0.274. The Hall–Kier alpha value is -3.49. The van der Waals surface area contributed by atoms with Crippen LogP contribution in [0.2, 0.25) is 0 Å². The molecule has 0 aliphatic heterocycles.